The molecule has 1 fully saturated rings. The van der Waals surface area contributed by atoms with E-state index < -0.39 is 18.1 Å². The summed E-state index contributed by atoms with van der Waals surface area (Å²) in [6.07, 6.45) is 2.17. The van der Waals surface area contributed by atoms with Gasteiger partial charge in [-0.25, -0.2) is 19.0 Å². The van der Waals surface area contributed by atoms with Crippen LogP contribution in [0.15, 0.2) is 34.9 Å². The molecule has 1 aliphatic rings. The van der Waals surface area contributed by atoms with Gasteiger partial charge in [0.1, 0.15) is 11.9 Å². The fourth-order valence-corrected chi connectivity index (χ4v) is 2.70. The van der Waals surface area contributed by atoms with Crippen molar-refractivity contribution in [3.05, 3.63) is 42.2 Å². The van der Waals surface area contributed by atoms with Gasteiger partial charge >= 0.3 is 12.1 Å². The molecule has 0 unspecified atom stereocenters. The zero-order valence-electron chi connectivity index (χ0n) is 13.6. The average Bonchev–Trinajstić information content (AvgIpc) is 3.29. The number of halogens is 1. The lowest BCUT2D eigenvalue weighted by Crippen LogP contribution is -2.41. The number of ether oxygens (including phenoxy) is 2. The van der Waals surface area contributed by atoms with E-state index in [0.717, 1.165) is 0 Å². The van der Waals surface area contributed by atoms with Gasteiger partial charge in [-0.15, -0.1) is 0 Å². The number of rotatable bonds is 4. The second-order valence-corrected chi connectivity index (χ2v) is 5.55. The van der Waals surface area contributed by atoms with Gasteiger partial charge in [0.25, 0.3) is 0 Å². The van der Waals surface area contributed by atoms with E-state index >= 15 is 0 Å². The van der Waals surface area contributed by atoms with Gasteiger partial charge in [0, 0.05) is 12.1 Å². The fourth-order valence-electron chi connectivity index (χ4n) is 2.70. The van der Waals surface area contributed by atoms with Crippen molar-refractivity contribution in [1.29, 1.82) is 0 Å². The molecule has 7 nitrogen and oxygen atoms in total. The Morgan fingerprint density at radius 1 is 1.36 bits per heavy atom. The summed E-state index contributed by atoms with van der Waals surface area (Å²) in [5.74, 6) is -0.202. The number of hydrogen-bond donors (Lipinski definition) is 0. The topological polar surface area (TPSA) is 81.9 Å². The molecule has 3 rings (SSSR count). The average molecular weight is 348 g/mol. The first kappa shape index (κ1) is 16.9. The normalized spacial score (nSPS) is 16.7. The summed E-state index contributed by atoms with van der Waals surface area (Å²) >= 11 is 0. The number of nitrogens with zero attached hydrogens (tertiary/aromatic N) is 2. The quantitative estimate of drug-likeness (QED) is 0.790. The van der Waals surface area contributed by atoms with Gasteiger partial charge in [0.2, 0.25) is 5.89 Å². The summed E-state index contributed by atoms with van der Waals surface area (Å²) in [5, 5.41) is 0. The third kappa shape index (κ3) is 3.78. The molecule has 1 saturated heterocycles. The van der Waals surface area contributed by atoms with Crippen LogP contribution in [0.5, 0.6) is 0 Å². The van der Waals surface area contributed by atoms with Crippen molar-refractivity contribution in [2.24, 2.45) is 0 Å². The smallest absolute Gasteiger partial charge is 0.410 e. The van der Waals surface area contributed by atoms with Crippen LogP contribution in [0.3, 0.4) is 0 Å². The summed E-state index contributed by atoms with van der Waals surface area (Å²) < 4.78 is 28.3. The van der Waals surface area contributed by atoms with E-state index in [1.807, 2.05) is 0 Å². The van der Waals surface area contributed by atoms with Crippen LogP contribution < -0.4 is 0 Å². The van der Waals surface area contributed by atoms with Crippen molar-refractivity contribution >= 4 is 12.1 Å². The minimum atomic E-state index is -0.654. The van der Waals surface area contributed by atoms with E-state index in [1.54, 1.807) is 12.1 Å². The number of oxazole rings is 1. The van der Waals surface area contributed by atoms with E-state index in [1.165, 1.54) is 30.3 Å². The molecule has 132 valence electrons. The molecule has 2 aromatic rings. The first-order chi connectivity index (χ1) is 12.1. The first-order valence-electron chi connectivity index (χ1n) is 7.80. The molecule has 1 aliphatic heterocycles. The Balaban J connectivity index is 1.59. The maximum atomic E-state index is 12.9. The molecule has 0 radical (unpaired) electrons. The Labute approximate surface area is 143 Å². The van der Waals surface area contributed by atoms with Crippen LogP contribution in [-0.4, -0.2) is 41.6 Å². The second-order valence-electron chi connectivity index (χ2n) is 5.55. The Morgan fingerprint density at radius 2 is 2.12 bits per heavy atom. The van der Waals surface area contributed by atoms with Gasteiger partial charge in [0.15, 0.2) is 12.4 Å². The van der Waals surface area contributed by atoms with Gasteiger partial charge < -0.3 is 13.9 Å². The minimum Gasteiger partial charge on any atom is -0.454 e. The van der Waals surface area contributed by atoms with Crippen molar-refractivity contribution in [1.82, 2.24) is 9.88 Å². The summed E-state index contributed by atoms with van der Waals surface area (Å²) in [4.78, 5) is 29.2. The van der Waals surface area contributed by atoms with Gasteiger partial charge in [-0.3, -0.25) is 4.90 Å². The largest absolute Gasteiger partial charge is 0.454 e. The zero-order valence-corrected chi connectivity index (χ0v) is 13.6. The maximum absolute atomic E-state index is 12.9. The predicted octanol–water partition coefficient (Wildman–Crippen LogP) is 2.75. The second kappa shape index (κ2) is 7.33. The lowest BCUT2D eigenvalue weighted by Gasteiger charge is -2.21. The lowest BCUT2D eigenvalue weighted by molar-refractivity contribution is -0.150. The number of amides is 1. The first-order valence-corrected chi connectivity index (χ1v) is 7.80. The van der Waals surface area contributed by atoms with Crippen LogP contribution >= 0.6 is 0 Å². The van der Waals surface area contributed by atoms with Gasteiger partial charge in [0.05, 0.1) is 13.3 Å². The Bertz CT molecular complexity index is 759. The monoisotopic (exact) mass is 348 g/mol. The minimum absolute atomic E-state index is 0.147. The van der Waals surface area contributed by atoms with E-state index in [2.05, 4.69) is 9.72 Å². The molecular formula is C17H17FN2O5. The summed E-state index contributed by atoms with van der Waals surface area (Å²) in [5.41, 5.74) is 0.666. The van der Waals surface area contributed by atoms with Gasteiger partial charge in [-0.1, -0.05) is 0 Å². The highest BCUT2D eigenvalue weighted by atomic mass is 19.1. The highest BCUT2D eigenvalue weighted by Gasteiger charge is 2.36. The Hall–Kier alpha value is -2.90. The Kier molecular flexibility index (Phi) is 4.97. The van der Waals surface area contributed by atoms with E-state index in [-0.39, 0.29) is 18.3 Å². The number of carbonyl (C=O) groups excluding carboxylic acids is 2. The zero-order chi connectivity index (χ0) is 17.8. The number of likely N-dealkylation sites (tertiary alicyclic amines) is 1. The number of methoxy groups -OCH3 is 1. The number of benzene rings is 1. The summed E-state index contributed by atoms with van der Waals surface area (Å²) in [6, 6.07) is 5.12. The van der Waals surface area contributed by atoms with E-state index in [0.29, 0.717) is 30.7 Å². The lowest BCUT2D eigenvalue weighted by atomic mass is 10.2. The molecule has 1 aromatic carbocycles. The molecule has 1 atom stereocenters. The van der Waals surface area contributed by atoms with Gasteiger partial charge in [-0.2, -0.15) is 0 Å². The predicted molar refractivity (Wildman–Crippen MR) is 83.8 cm³/mol. The molecular weight excluding hydrogens is 331 g/mol. The number of esters is 1. The van der Waals surface area contributed by atoms with Crippen LogP contribution in [0.2, 0.25) is 0 Å². The third-order valence-corrected chi connectivity index (χ3v) is 3.95. The highest BCUT2D eigenvalue weighted by molar-refractivity contribution is 5.82. The number of hydrogen-bond acceptors (Lipinski definition) is 6. The van der Waals surface area contributed by atoms with Gasteiger partial charge in [-0.05, 0) is 37.1 Å². The van der Waals surface area contributed by atoms with Crippen molar-refractivity contribution in [3.63, 3.8) is 0 Å². The fraction of sp³-hybridized carbons (Fsp3) is 0.353. The number of aromatic nitrogens is 1. The summed E-state index contributed by atoms with van der Waals surface area (Å²) in [6.45, 7) is 0.311. The van der Waals surface area contributed by atoms with Crippen molar-refractivity contribution in [3.8, 4) is 11.3 Å². The molecule has 1 amide bonds. The third-order valence-electron chi connectivity index (χ3n) is 3.95. The van der Waals surface area contributed by atoms with Crippen LogP contribution in [0.25, 0.3) is 11.3 Å². The molecule has 0 saturated carbocycles. The molecule has 2 heterocycles. The van der Waals surface area contributed by atoms with Crippen LogP contribution in [0.4, 0.5) is 9.18 Å². The van der Waals surface area contributed by atoms with Crippen molar-refractivity contribution < 1.29 is 27.9 Å². The SMILES string of the molecule is COC(=O)N1CCC[C@@H]1C(=O)OCc1ncc(-c2ccc(F)cc2)o1. The highest BCUT2D eigenvalue weighted by Crippen LogP contribution is 2.22. The van der Waals surface area contributed by atoms with Crippen molar-refractivity contribution in [2.75, 3.05) is 13.7 Å². The maximum Gasteiger partial charge on any atom is 0.410 e. The van der Waals surface area contributed by atoms with E-state index in [9.17, 15) is 14.0 Å². The molecule has 0 bridgehead atoms. The van der Waals surface area contributed by atoms with Crippen LogP contribution in [-0.2, 0) is 20.9 Å². The van der Waals surface area contributed by atoms with E-state index in [4.69, 9.17) is 9.15 Å². The molecule has 25 heavy (non-hydrogen) atoms. The molecule has 1 aromatic heterocycles. The molecule has 8 heteroatoms. The molecule has 0 N–H and O–H groups in total. The molecule has 0 spiro atoms. The number of carbonyl (C=O) groups is 2. The van der Waals surface area contributed by atoms with Crippen LogP contribution in [0, 0.1) is 5.82 Å². The summed E-state index contributed by atoms with van der Waals surface area (Å²) in [7, 11) is 1.27. The van der Waals surface area contributed by atoms with Crippen LogP contribution in [0.1, 0.15) is 18.7 Å². The molecule has 0 aliphatic carbocycles. The Morgan fingerprint density at radius 3 is 2.84 bits per heavy atom. The van der Waals surface area contributed by atoms with Crippen molar-refractivity contribution in [2.45, 2.75) is 25.5 Å². The standard InChI is InChI=1S/C17H17FN2O5/c1-23-17(22)20-8-2-3-13(20)16(21)24-10-15-19-9-14(25-15)11-4-6-12(18)7-5-11/h4-7,9,13H,2-3,8,10H2,1H3/t13-/m1/s1.